The van der Waals surface area contributed by atoms with Crippen LogP contribution in [0.25, 0.3) is 66.9 Å². The van der Waals surface area contributed by atoms with Crippen molar-refractivity contribution in [2.75, 3.05) is 74.0 Å². The molecule has 0 radical (unpaired) electrons. The average Bonchev–Trinajstić information content (AvgIpc) is 1.60. The summed E-state index contributed by atoms with van der Waals surface area (Å²) in [6.45, 7) is -30.5. The molecule has 9 aliphatic heterocycles. The van der Waals surface area contributed by atoms with Crippen LogP contribution in [0.1, 0.15) is 35.7 Å². The van der Waals surface area contributed by atoms with Crippen LogP contribution in [0.3, 0.4) is 0 Å². The number of halogens is 7. The van der Waals surface area contributed by atoms with Gasteiger partial charge in [0.2, 0.25) is 24.1 Å². The maximum Gasteiger partial charge on any atom is 0.386 e. The Morgan fingerprint density at radius 2 is 0.868 bits per heavy atom. The maximum atomic E-state index is 16.1. The van der Waals surface area contributed by atoms with E-state index < -0.39 is 241 Å². The topological polar surface area (TPSA) is 731 Å². The molecular weight excluding hydrogens is 2110 g/mol. The Morgan fingerprint density at radius 3 is 1.49 bits per heavy atom. The number of imidazole rings is 2. The van der Waals surface area contributed by atoms with Crippen LogP contribution >= 0.6 is 76.2 Å². The molecule has 29 atom stereocenters. The number of nitrogens with two attached hydrogens (primary N) is 6. The Bertz CT molecular complexity index is 6950. The molecule has 9 fully saturated rings. The molecule has 12 aromatic rings. The number of hydrogen-bond acceptors (Lipinski definition) is 47. The van der Waals surface area contributed by atoms with Crippen LogP contribution in [0.15, 0.2) is 76.1 Å². The first-order valence-electron chi connectivity index (χ1n) is 38.9. The van der Waals surface area contributed by atoms with Crippen LogP contribution in [0.2, 0.25) is 0 Å². The molecule has 0 aliphatic carbocycles. The fourth-order valence-corrected chi connectivity index (χ4v) is 27.6. The van der Waals surface area contributed by atoms with E-state index in [4.69, 9.17) is 167 Å². The van der Waals surface area contributed by atoms with Crippen LogP contribution in [-0.4, -0.2) is 286 Å². The molecule has 0 aromatic carbocycles. The number of aromatic amines is 3. The molecule has 12 aromatic heterocycles. The van der Waals surface area contributed by atoms with Gasteiger partial charge in [-0.25, -0.2) is 56.1 Å². The SMILES string of the molecule is Nc1nc2c(ncn2[C@@H]2S[C@@H]3COP(=O)(S)O[C@H]4[C@H](F)[C@H](n5nnc6c(N)ccnc65)O[C@@H]4COP(O)(=S)O[C@@H]2[C@@H]3F)c(=O)[nH]1.Nc1nc2c(nnn2[C@@H]2O[C@@H]3COP(O)(=S)O[C@@H]4[C@@H](COP(O)(=S)O[C@@H]2[C@H]3F)O[C@@H](n2ccc3c(N)ccnc32)C4(F)F)c(=O)[nH]1.Nc1nc2c(nnn2[C@@H]2S[C@@H]3COP(O)(=S)O[C@H]4[C@H](F)[C@H](n5cnc6c(N)ccnc65)O[C@@H]4COP(O)(=S)O[C@@H]2[C@@H]3F)c(=O)[nH]1. The molecule has 6 unspecified atom stereocenters. The summed E-state index contributed by atoms with van der Waals surface area (Å²) in [6.07, 6.45) is -25.3. The van der Waals surface area contributed by atoms with Crippen molar-refractivity contribution in [2.45, 2.75) is 144 Å². The minimum atomic E-state index is -4.59. The van der Waals surface area contributed by atoms with E-state index in [9.17, 15) is 43.4 Å². The highest BCUT2D eigenvalue weighted by atomic mass is 32.7. The van der Waals surface area contributed by atoms with Crippen molar-refractivity contribution < 1.29 is 133 Å². The number of hydrogen-bond donors (Lipinski definition) is 15. The number of alkyl halides is 7. The number of nitrogens with one attached hydrogen (secondary N) is 3. The molecule has 6 bridgehead atoms. The number of aromatic nitrogens is 23. The quantitative estimate of drug-likeness (QED) is 0.0646. The van der Waals surface area contributed by atoms with Crippen LogP contribution in [-0.2, 0) is 137 Å². The second-order valence-electron chi connectivity index (χ2n) is 30.5. The summed E-state index contributed by atoms with van der Waals surface area (Å²) in [6, 6.07) is 5.96. The third-order valence-electron chi connectivity index (χ3n) is 21.8. The number of H-pyrrole nitrogens is 3. The highest BCUT2D eigenvalue weighted by Crippen LogP contribution is 2.64. The standard InChI is InChI=1S/C21H22F3N9O9P2S2.2C20H22F2N10O8P2S3/c22-11-9-5-37-44(36,46)42-14-10(40-19(21(14,23)24)32-4-2-7-8(25)1-3-27-15(7)32)6-38-43(35,45)41-13(11)18(39-9)33-16-12(30-31-33)17(34)29-20(26)28-16;21-9-8-4-37-42(35,44)39-13-7(38-18(10(13)22)32-15-11(29-30-32)6(23)1-2-25-15)3-36-41(34,43)40-14(9)19(45-8)31-5-26-12-16(31)27-20(24)28-17(12)33;21-9-8-4-37-42(35,44)39-13-7(38-18(10(13)22)31-5-26-11-6(23)1-2-25-15(11)31)3-36-41(34,43)40-14(9)19(45-8)32-16-12(29-30-32)17(33)28-20(24)27-16/h1-4,9-11,13-14,18-19H,5-6H2,(H2,25,27)(H,35,45)(H,36,46)(H3,26,28,29,34);2*1-2,5,7-10,13-14,18-19H,3-4H2,(H2,23,25)(H,34,43)(H,35,44)(H3,24,27,28,33)/t9-,10-,11+,13-,14-,18-,19-,43?,44?;2*7-,8-,9-,10+,13-,14-,18-,19-,41?,42?/m111/s1. The minimum absolute atomic E-state index is 0.00621. The Kier molecular flexibility index (Phi) is 26.5. The lowest BCUT2D eigenvalue weighted by atomic mass is 10.1. The van der Waals surface area contributed by atoms with Gasteiger partial charge in [0.25, 0.3) is 16.7 Å². The number of pyridine rings is 3. The van der Waals surface area contributed by atoms with Gasteiger partial charge in [0, 0.05) is 35.9 Å². The van der Waals surface area contributed by atoms with E-state index in [0.29, 0.717) is 16.6 Å². The van der Waals surface area contributed by atoms with E-state index in [0.717, 1.165) is 42.1 Å². The first-order valence-corrected chi connectivity index (χ1v) is 56.4. The zero-order valence-corrected chi connectivity index (χ0v) is 79.2. The molecule has 54 nitrogen and oxygen atoms in total. The van der Waals surface area contributed by atoms with E-state index in [1.165, 1.54) is 70.8 Å². The van der Waals surface area contributed by atoms with Crippen molar-refractivity contribution in [1.29, 1.82) is 0 Å². The van der Waals surface area contributed by atoms with Gasteiger partial charge in [0.1, 0.15) is 89.2 Å². The van der Waals surface area contributed by atoms with Gasteiger partial charge in [0.15, 0.2) is 93.6 Å². The van der Waals surface area contributed by atoms with E-state index in [-0.39, 0.29) is 85.2 Å². The molecule has 732 valence electrons. The highest BCUT2D eigenvalue weighted by Gasteiger charge is 2.64. The molecular formula is C61H66F7N29O25P6S8. The molecule has 136 heavy (non-hydrogen) atoms. The summed E-state index contributed by atoms with van der Waals surface area (Å²) in [7, 11) is 0. The summed E-state index contributed by atoms with van der Waals surface area (Å²) in [5.74, 6) is -4.71. The summed E-state index contributed by atoms with van der Waals surface area (Å²) < 4.78 is 221. The van der Waals surface area contributed by atoms with Gasteiger partial charge < -0.3 is 105 Å². The summed E-state index contributed by atoms with van der Waals surface area (Å²) >= 11 is 31.5. The van der Waals surface area contributed by atoms with Gasteiger partial charge in [-0.1, -0.05) is 27.9 Å². The van der Waals surface area contributed by atoms with E-state index in [1.807, 2.05) is 0 Å². The lowest BCUT2D eigenvalue weighted by Gasteiger charge is -2.28. The molecule has 0 saturated carbocycles. The van der Waals surface area contributed by atoms with Gasteiger partial charge in [-0.05, 0) is 83.3 Å². The van der Waals surface area contributed by atoms with Crippen molar-refractivity contribution in [3.8, 4) is 0 Å². The number of nitrogens with zero attached hydrogens (tertiary/aromatic N) is 20. The highest BCUT2D eigenvalue weighted by molar-refractivity contribution is 8.44. The molecule has 9 saturated heterocycles. The number of ether oxygens (including phenoxy) is 4. The summed E-state index contributed by atoms with van der Waals surface area (Å²) in [4.78, 5) is 131. The van der Waals surface area contributed by atoms with Crippen LogP contribution in [0, 0.1) is 0 Å². The Morgan fingerprint density at radius 1 is 0.426 bits per heavy atom. The Labute approximate surface area is 789 Å². The van der Waals surface area contributed by atoms with E-state index in [2.05, 4.69) is 98.0 Å². The molecule has 20 N–H and O–H groups in total. The number of fused-ring (bicyclic) bond motifs is 15. The molecule has 75 heteroatoms. The largest absolute Gasteiger partial charge is 0.398 e. The normalized spacial score (nSPS) is 37.3. The summed E-state index contributed by atoms with van der Waals surface area (Å²) in [5, 5.41) is 19.0. The summed E-state index contributed by atoms with van der Waals surface area (Å²) in [5.41, 5.74) is 33.6. The number of thiol groups is 1. The number of thioether (sulfide) groups is 2. The van der Waals surface area contributed by atoms with Gasteiger partial charge in [-0.2, -0.15) is 33.1 Å². The predicted molar refractivity (Wildman–Crippen MR) is 479 cm³/mol. The molecule has 0 spiro atoms. The van der Waals surface area contributed by atoms with Gasteiger partial charge in [-0.15, -0.1) is 38.8 Å². The second kappa shape index (κ2) is 36.9. The van der Waals surface area contributed by atoms with Crippen molar-refractivity contribution in [3.05, 3.63) is 92.8 Å². The van der Waals surface area contributed by atoms with Gasteiger partial charge >= 0.3 is 46.3 Å². The van der Waals surface area contributed by atoms with Gasteiger partial charge in [-0.3, -0.25) is 70.1 Å². The number of nitrogen functional groups attached to an aromatic ring is 6. The Balaban J connectivity index is 0.000000131. The lowest BCUT2D eigenvalue weighted by molar-refractivity contribution is -0.135. The molecule has 0 amide bonds. The van der Waals surface area contributed by atoms with Crippen LogP contribution < -0.4 is 51.1 Å². The lowest BCUT2D eigenvalue weighted by Crippen LogP contribution is -2.41. The van der Waals surface area contributed by atoms with Crippen molar-refractivity contribution in [3.63, 3.8) is 0 Å². The van der Waals surface area contributed by atoms with Crippen LogP contribution in [0.4, 0.5) is 65.6 Å². The van der Waals surface area contributed by atoms with Crippen molar-refractivity contribution in [2.24, 2.45) is 0 Å². The predicted octanol–water partition coefficient (Wildman–Crippen LogP) is 2.69. The number of rotatable bonds is 6. The third-order valence-corrected chi connectivity index (χ3v) is 34.2. The maximum absolute atomic E-state index is 16.1. The monoisotopic (exact) mass is 2180 g/mol. The zero-order valence-electron chi connectivity index (χ0n) is 67.2. The van der Waals surface area contributed by atoms with E-state index in [1.54, 1.807) is 0 Å². The molecule has 9 aliphatic rings. The van der Waals surface area contributed by atoms with Gasteiger partial charge in [0.05, 0.1) is 74.2 Å². The molecule has 21 heterocycles. The minimum Gasteiger partial charge on any atom is -0.398 e. The third kappa shape index (κ3) is 18.8. The molecule has 21 rings (SSSR count). The van der Waals surface area contributed by atoms with E-state index >= 15 is 30.7 Å². The van der Waals surface area contributed by atoms with Crippen molar-refractivity contribution in [1.82, 2.24) is 114 Å². The second-order valence-corrected chi connectivity index (χ2v) is 50.0. The first kappa shape index (κ1) is 97.6. The fourth-order valence-electron chi connectivity index (χ4n) is 15.7. The first-order chi connectivity index (χ1) is 64.3. The average molecular weight is 2180 g/mol. The van der Waals surface area contributed by atoms with Crippen LogP contribution in [0.5, 0.6) is 0 Å². The smallest absolute Gasteiger partial charge is 0.386 e. The number of anilines is 6. The Hall–Kier alpha value is -7.23. The zero-order chi connectivity index (χ0) is 96.4. The van der Waals surface area contributed by atoms with Crippen molar-refractivity contribution >= 4 is 237 Å². The fraction of sp³-hybridized carbons (Fsp3) is 0.492.